The summed E-state index contributed by atoms with van der Waals surface area (Å²) in [4.78, 5) is 15.8. The van der Waals surface area contributed by atoms with Crippen molar-refractivity contribution in [3.8, 4) is 0 Å². The van der Waals surface area contributed by atoms with Crippen molar-refractivity contribution >= 4 is 24.5 Å². The minimum atomic E-state index is -0.660. The van der Waals surface area contributed by atoms with Crippen LogP contribution in [0.25, 0.3) is 0 Å². The Hall–Kier alpha value is -1.60. The SMILES string of the molecule is COC(=O)c1cc(N)nc(B2OC(C)(C)C(C)(C)O2)c1. The highest BCUT2D eigenvalue weighted by Crippen LogP contribution is 2.36. The van der Waals surface area contributed by atoms with Gasteiger partial charge in [0, 0.05) is 0 Å². The summed E-state index contributed by atoms with van der Waals surface area (Å²) in [6, 6.07) is 3.03. The molecule has 0 radical (unpaired) electrons. The molecule has 2 rings (SSSR count). The zero-order valence-corrected chi connectivity index (χ0v) is 12.4. The smallest absolute Gasteiger partial charge is 0.465 e. The van der Waals surface area contributed by atoms with Crippen LogP contribution in [0.5, 0.6) is 0 Å². The molecule has 0 bridgehead atoms. The molecular formula is C13H19BN2O4. The van der Waals surface area contributed by atoms with Crippen LogP contribution in [0.15, 0.2) is 12.1 Å². The van der Waals surface area contributed by atoms with Gasteiger partial charge in [-0.05, 0) is 39.8 Å². The van der Waals surface area contributed by atoms with Crippen LogP contribution in [0.2, 0.25) is 0 Å². The first kappa shape index (κ1) is 14.8. The van der Waals surface area contributed by atoms with Gasteiger partial charge in [-0.15, -0.1) is 0 Å². The Kier molecular flexibility index (Phi) is 3.52. The van der Waals surface area contributed by atoms with Gasteiger partial charge in [0.25, 0.3) is 0 Å². The van der Waals surface area contributed by atoms with Crippen LogP contribution in [-0.2, 0) is 14.0 Å². The number of anilines is 1. The predicted molar refractivity (Wildman–Crippen MR) is 75.7 cm³/mol. The summed E-state index contributed by atoms with van der Waals surface area (Å²) in [5.74, 6) is -0.255. The summed E-state index contributed by atoms with van der Waals surface area (Å²) >= 11 is 0. The summed E-state index contributed by atoms with van der Waals surface area (Å²) in [7, 11) is 0.653. The van der Waals surface area contributed by atoms with Gasteiger partial charge in [0.15, 0.2) is 0 Å². The maximum atomic E-state index is 11.6. The Morgan fingerprint density at radius 1 is 1.25 bits per heavy atom. The lowest BCUT2D eigenvalue weighted by Crippen LogP contribution is -2.41. The van der Waals surface area contributed by atoms with Crippen molar-refractivity contribution in [1.29, 1.82) is 0 Å². The minimum absolute atomic E-state index is 0.220. The molecule has 2 N–H and O–H groups in total. The summed E-state index contributed by atoms with van der Waals surface area (Å²) in [6.07, 6.45) is 0. The van der Waals surface area contributed by atoms with E-state index in [2.05, 4.69) is 9.72 Å². The molecule has 0 aliphatic carbocycles. The molecule has 108 valence electrons. The molecule has 1 aliphatic heterocycles. The first-order valence-corrected chi connectivity index (χ1v) is 6.38. The summed E-state index contributed by atoms with van der Waals surface area (Å²) in [5, 5.41) is 0. The van der Waals surface area contributed by atoms with Gasteiger partial charge in [0.2, 0.25) is 0 Å². The molecule has 20 heavy (non-hydrogen) atoms. The van der Waals surface area contributed by atoms with E-state index in [-0.39, 0.29) is 5.82 Å². The maximum absolute atomic E-state index is 11.6. The third-order valence-electron chi connectivity index (χ3n) is 3.78. The van der Waals surface area contributed by atoms with E-state index >= 15 is 0 Å². The highest BCUT2D eigenvalue weighted by molar-refractivity contribution is 6.61. The van der Waals surface area contributed by atoms with Crippen LogP contribution < -0.4 is 11.3 Å². The molecule has 1 aliphatic rings. The number of esters is 1. The van der Waals surface area contributed by atoms with Crippen LogP contribution in [0, 0.1) is 0 Å². The second kappa shape index (κ2) is 4.75. The number of aromatic nitrogens is 1. The Bertz CT molecular complexity index is 529. The van der Waals surface area contributed by atoms with E-state index in [0.717, 1.165) is 0 Å². The van der Waals surface area contributed by atoms with E-state index in [9.17, 15) is 4.79 Å². The number of carbonyl (C=O) groups is 1. The first-order chi connectivity index (χ1) is 9.16. The van der Waals surface area contributed by atoms with E-state index in [1.54, 1.807) is 6.07 Å². The molecule has 1 saturated heterocycles. The fourth-order valence-corrected chi connectivity index (χ4v) is 1.89. The Morgan fingerprint density at radius 2 is 1.80 bits per heavy atom. The van der Waals surface area contributed by atoms with Gasteiger partial charge in [0.05, 0.1) is 29.5 Å². The summed E-state index contributed by atoms with van der Waals surface area (Å²) < 4.78 is 16.4. The van der Waals surface area contributed by atoms with Crippen LogP contribution in [0.1, 0.15) is 38.1 Å². The topological polar surface area (TPSA) is 83.7 Å². The van der Waals surface area contributed by atoms with Crippen molar-refractivity contribution in [1.82, 2.24) is 4.98 Å². The fraction of sp³-hybridized carbons (Fsp3) is 0.538. The first-order valence-electron chi connectivity index (χ1n) is 6.38. The van der Waals surface area contributed by atoms with Crippen molar-refractivity contribution in [2.45, 2.75) is 38.9 Å². The van der Waals surface area contributed by atoms with Crippen LogP contribution >= 0.6 is 0 Å². The lowest BCUT2D eigenvalue weighted by atomic mass is 9.83. The number of rotatable bonds is 2. The third kappa shape index (κ3) is 2.51. The number of nitrogens with two attached hydrogens (primary N) is 1. The quantitative estimate of drug-likeness (QED) is 0.635. The monoisotopic (exact) mass is 278 g/mol. The number of carbonyl (C=O) groups excluding carboxylic acids is 1. The average molecular weight is 278 g/mol. The number of hydrogen-bond donors (Lipinski definition) is 1. The van der Waals surface area contributed by atoms with Crippen molar-refractivity contribution in [3.05, 3.63) is 17.7 Å². The average Bonchev–Trinajstić information content (AvgIpc) is 2.57. The normalized spacial score (nSPS) is 19.9. The highest BCUT2D eigenvalue weighted by Gasteiger charge is 2.52. The van der Waals surface area contributed by atoms with Crippen LogP contribution in [0.4, 0.5) is 5.82 Å². The molecule has 1 fully saturated rings. The lowest BCUT2D eigenvalue weighted by molar-refractivity contribution is 0.00578. The second-order valence-electron chi connectivity index (χ2n) is 5.79. The van der Waals surface area contributed by atoms with E-state index in [1.165, 1.54) is 13.2 Å². The largest absolute Gasteiger partial charge is 0.514 e. The van der Waals surface area contributed by atoms with E-state index in [0.29, 0.717) is 11.2 Å². The molecule has 7 heteroatoms. The zero-order valence-electron chi connectivity index (χ0n) is 12.4. The molecule has 0 unspecified atom stereocenters. The van der Waals surface area contributed by atoms with Crippen molar-refractivity contribution in [2.75, 3.05) is 12.8 Å². The van der Waals surface area contributed by atoms with E-state index < -0.39 is 24.3 Å². The van der Waals surface area contributed by atoms with Crippen molar-refractivity contribution < 1.29 is 18.8 Å². The third-order valence-corrected chi connectivity index (χ3v) is 3.78. The van der Waals surface area contributed by atoms with Crippen molar-refractivity contribution in [3.63, 3.8) is 0 Å². The van der Waals surface area contributed by atoms with E-state index in [1.807, 2.05) is 27.7 Å². The summed E-state index contributed by atoms with van der Waals surface area (Å²) in [5.41, 5.74) is 5.56. The molecule has 0 aromatic carbocycles. The Balaban J connectivity index is 2.35. The predicted octanol–water partition coefficient (Wildman–Crippen LogP) is 0.750. The molecular weight excluding hydrogens is 259 g/mol. The minimum Gasteiger partial charge on any atom is -0.465 e. The maximum Gasteiger partial charge on any atom is 0.514 e. The summed E-state index contributed by atoms with van der Waals surface area (Å²) in [6.45, 7) is 7.78. The van der Waals surface area contributed by atoms with E-state index in [4.69, 9.17) is 15.0 Å². The zero-order chi connectivity index (χ0) is 15.1. The van der Waals surface area contributed by atoms with Gasteiger partial charge in [-0.3, -0.25) is 0 Å². The molecule has 2 heterocycles. The van der Waals surface area contributed by atoms with Crippen LogP contribution in [-0.4, -0.2) is 36.4 Å². The number of pyridine rings is 1. The molecule has 1 aromatic rings. The Labute approximate surface area is 118 Å². The standard InChI is InChI=1S/C13H19BN2O4/c1-12(2)13(3,4)20-14(19-12)9-6-8(11(17)18-5)7-10(15)16-9/h6-7H,1-5H3,(H2,15,16). The van der Waals surface area contributed by atoms with Gasteiger partial charge in [-0.1, -0.05) is 0 Å². The second-order valence-corrected chi connectivity index (χ2v) is 5.79. The number of nitrogen functional groups attached to an aromatic ring is 1. The molecule has 6 nitrogen and oxygen atoms in total. The fourth-order valence-electron chi connectivity index (χ4n) is 1.89. The number of methoxy groups -OCH3 is 1. The van der Waals surface area contributed by atoms with Gasteiger partial charge < -0.3 is 19.8 Å². The lowest BCUT2D eigenvalue weighted by Gasteiger charge is -2.32. The van der Waals surface area contributed by atoms with Crippen LogP contribution in [0.3, 0.4) is 0 Å². The van der Waals surface area contributed by atoms with Gasteiger partial charge in [-0.2, -0.15) is 0 Å². The highest BCUT2D eigenvalue weighted by atomic mass is 16.7. The molecule has 1 aromatic heterocycles. The van der Waals surface area contributed by atoms with Gasteiger partial charge in [0.1, 0.15) is 5.82 Å². The Morgan fingerprint density at radius 3 is 2.30 bits per heavy atom. The molecule has 0 saturated carbocycles. The molecule has 0 spiro atoms. The molecule has 0 atom stereocenters. The van der Waals surface area contributed by atoms with Gasteiger partial charge >= 0.3 is 13.1 Å². The number of ether oxygens (including phenoxy) is 1. The van der Waals surface area contributed by atoms with Crippen molar-refractivity contribution in [2.24, 2.45) is 0 Å². The van der Waals surface area contributed by atoms with Gasteiger partial charge in [-0.25, -0.2) is 9.78 Å². The molecule has 0 amide bonds. The number of nitrogens with zero attached hydrogens (tertiary/aromatic N) is 1. The number of hydrogen-bond acceptors (Lipinski definition) is 6.